The van der Waals surface area contributed by atoms with Crippen LogP contribution in [-0.2, 0) is 14.3 Å². The van der Waals surface area contributed by atoms with E-state index < -0.39 is 11.8 Å². The summed E-state index contributed by atoms with van der Waals surface area (Å²) in [5.74, 6) is -0.517. The van der Waals surface area contributed by atoms with Crippen LogP contribution in [0.15, 0.2) is 0 Å². The molecule has 1 saturated carbocycles. The number of carbonyl (C=O) groups is 2. The van der Waals surface area contributed by atoms with Gasteiger partial charge < -0.3 is 15.4 Å². The number of hydrogen-bond donors (Lipinski definition) is 2. The third-order valence-electron chi connectivity index (χ3n) is 4.67. The lowest BCUT2D eigenvalue weighted by atomic mass is 9.86. The molecule has 2 fully saturated rings. The zero-order chi connectivity index (χ0) is 15.8. The molecule has 1 aliphatic heterocycles. The quantitative estimate of drug-likeness (QED) is 0.574. The topological polar surface area (TPSA) is 70.7 Å². The molecule has 0 spiro atoms. The van der Waals surface area contributed by atoms with Gasteiger partial charge in [-0.15, -0.1) is 0 Å². The predicted octanol–water partition coefficient (Wildman–Crippen LogP) is 0.520. The lowest BCUT2D eigenvalue weighted by molar-refractivity contribution is -0.140. The monoisotopic (exact) mass is 311 g/mol. The molecule has 2 unspecified atom stereocenters. The average molecular weight is 311 g/mol. The molecule has 6 nitrogen and oxygen atoms in total. The minimum Gasteiger partial charge on any atom is -0.379 e. The van der Waals surface area contributed by atoms with E-state index in [0.29, 0.717) is 12.5 Å². The van der Waals surface area contributed by atoms with Crippen molar-refractivity contribution in [3.63, 3.8) is 0 Å². The van der Waals surface area contributed by atoms with E-state index in [2.05, 4.69) is 22.5 Å². The second-order valence-electron chi connectivity index (χ2n) is 6.41. The molecule has 2 N–H and O–H groups in total. The third kappa shape index (κ3) is 5.57. The Labute approximate surface area is 132 Å². The normalized spacial score (nSPS) is 26.4. The number of hydrogen-bond acceptors (Lipinski definition) is 4. The van der Waals surface area contributed by atoms with Crippen molar-refractivity contribution in [2.75, 3.05) is 39.4 Å². The second kappa shape index (κ2) is 9.10. The molecule has 0 aromatic heterocycles. The molecule has 0 aromatic carbocycles. The molecule has 2 atom stereocenters. The second-order valence-corrected chi connectivity index (χ2v) is 6.41. The van der Waals surface area contributed by atoms with E-state index in [0.717, 1.165) is 58.5 Å². The molecule has 1 saturated heterocycles. The third-order valence-corrected chi connectivity index (χ3v) is 4.67. The van der Waals surface area contributed by atoms with Crippen molar-refractivity contribution in [1.82, 2.24) is 15.5 Å². The van der Waals surface area contributed by atoms with Gasteiger partial charge in [0.15, 0.2) is 0 Å². The molecule has 0 bridgehead atoms. The molecule has 0 radical (unpaired) electrons. The van der Waals surface area contributed by atoms with Gasteiger partial charge in [-0.1, -0.05) is 19.8 Å². The highest BCUT2D eigenvalue weighted by Gasteiger charge is 2.25. The van der Waals surface area contributed by atoms with Gasteiger partial charge in [0.2, 0.25) is 0 Å². The van der Waals surface area contributed by atoms with Gasteiger partial charge in [0.25, 0.3) is 0 Å². The van der Waals surface area contributed by atoms with Crippen molar-refractivity contribution < 1.29 is 14.3 Å². The van der Waals surface area contributed by atoms with Crippen LogP contribution < -0.4 is 10.6 Å². The van der Waals surface area contributed by atoms with Crippen molar-refractivity contribution in [1.29, 1.82) is 0 Å². The highest BCUT2D eigenvalue weighted by atomic mass is 16.5. The first kappa shape index (κ1) is 17.2. The van der Waals surface area contributed by atoms with Gasteiger partial charge in [-0.25, -0.2) is 0 Å². The molecule has 22 heavy (non-hydrogen) atoms. The van der Waals surface area contributed by atoms with Gasteiger partial charge in [-0.05, 0) is 31.7 Å². The van der Waals surface area contributed by atoms with Crippen LogP contribution in [0.25, 0.3) is 0 Å². The van der Waals surface area contributed by atoms with Gasteiger partial charge in [0.1, 0.15) is 0 Å². The van der Waals surface area contributed by atoms with Crippen LogP contribution in [-0.4, -0.2) is 62.1 Å². The van der Waals surface area contributed by atoms with E-state index in [1.165, 1.54) is 6.42 Å². The van der Waals surface area contributed by atoms with E-state index in [9.17, 15) is 9.59 Å². The Bertz CT molecular complexity index is 370. The van der Waals surface area contributed by atoms with E-state index in [1.54, 1.807) is 0 Å². The molecule has 2 amide bonds. The zero-order valence-electron chi connectivity index (χ0n) is 13.6. The summed E-state index contributed by atoms with van der Waals surface area (Å²) in [6, 6.07) is 0.153. The predicted molar refractivity (Wildman–Crippen MR) is 84.4 cm³/mol. The van der Waals surface area contributed by atoms with Gasteiger partial charge in [0, 0.05) is 25.7 Å². The Morgan fingerprint density at radius 1 is 1.14 bits per heavy atom. The lowest BCUT2D eigenvalue weighted by Crippen LogP contribution is -2.48. The summed E-state index contributed by atoms with van der Waals surface area (Å²) in [4.78, 5) is 26.0. The first-order chi connectivity index (χ1) is 10.7. The number of nitrogens with one attached hydrogen (secondary N) is 2. The van der Waals surface area contributed by atoms with Crippen LogP contribution >= 0.6 is 0 Å². The van der Waals surface area contributed by atoms with Crippen LogP contribution in [0.2, 0.25) is 0 Å². The van der Waals surface area contributed by atoms with Crippen molar-refractivity contribution in [2.24, 2.45) is 5.92 Å². The molecule has 2 rings (SSSR count). The summed E-state index contributed by atoms with van der Waals surface area (Å²) in [7, 11) is 0. The SMILES string of the molecule is CC1CCCCC1NC(=O)C(=O)NCCCN1CCOCC1. The van der Waals surface area contributed by atoms with Crippen molar-refractivity contribution in [2.45, 2.75) is 45.1 Å². The van der Waals surface area contributed by atoms with Gasteiger partial charge in [-0.3, -0.25) is 14.5 Å². The van der Waals surface area contributed by atoms with E-state index in [4.69, 9.17) is 4.74 Å². The van der Waals surface area contributed by atoms with Crippen molar-refractivity contribution in [3.8, 4) is 0 Å². The maximum absolute atomic E-state index is 11.9. The summed E-state index contributed by atoms with van der Waals surface area (Å²) in [6.07, 6.45) is 5.33. The lowest BCUT2D eigenvalue weighted by Gasteiger charge is -2.29. The van der Waals surface area contributed by atoms with Crippen molar-refractivity contribution >= 4 is 11.8 Å². The summed E-state index contributed by atoms with van der Waals surface area (Å²) in [5, 5.41) is 5.60. The van der Waals surface area contributed by atoms with Crippen LogP contribution in [0, 0.1) is 5.92 Å². The van der Waals surface area contributed by atoms with Crippen molar-refractivity contribution in [3.05, 3.63) is 0 Å². The first-order valence-electron chi connectivity index (χ1n) is 8.55. The molecular weight excluding hydrogens is 282 g/mol. The molecule has 0 aromatic rings. The van der Waals surface area contributed by atoms with Gasteiger partial charge in [-0.2, -0.15) is 0 Å². The summed E-state index contributed by atoms with van der Waals surface area (Å²) < 4.78 is 5.29. The smallest absolute Gasteiger partial charge is 0.309 e. The standard InChI is InChI=1S/C16H29N3O3/c1-13-5-2-3-6-14(13)18-16(21)15(20)17-7-4-8-19-9-11-22-12-10-19/h13-14H,2-12H2,1H3,(H,17,20)(H,18,21). The summed E-state index contributed by atoms with van der Waals surface area (Å²) >= 11 is 0. The average Bonchev–Trinajstić information content (AvgIpc) is 2.54. The highest BCUT2D eigenvalue weighted by molar-refractivity contribution is 6.35. The largest absolute Gasteiger partial charge is 0.379 e. The van der Waals surface area contributed by atoms with Gasteiger partial charge in [0.05, 0.1) is 13.2 Å². The fraction of sp³-hybridized carbons (Fsp3) is 0.875. The Morgan fingerprint density at radius 3 is 2.59 bits per heavy atom. The molecule has 2 aliphatic rings. The number of carbonyl (C=O) groups excluding carboxylic acids is 2. The molecular formula is C16H29N3O3. The van der Waals surface area contributed by atoms with Gasteiger partial charge >= 0.3 is 11.8 Å². The Balaban J connectivity index is 1.58. The molecule has 126 valence electrons. The molecule has 1 aliphatic carbocycles. The minimum atomic E-state index is -0.500. The Kier molecular flexibility index (Phi) is 7.12. The minimum absolute atomic E-state index is 0.153. The fourth-order valence-corrected chi connectivity index (χ4v) is 3.17. The Morgan fingerprint density at radius 2 is 1.86 bits per heavy atom. The maximum atomic E-state index is 11.9. The van der Waals surface area contributed by atoms with Crippen LogP contribution in [0.3, 0.4) is 0 Å². The number of morpholine rings is 1. The first-order valence-corrected chi connectivity index (χ1v) is 8.55. The fourth-order valence-electron chi connectivity index (χ4n) is 3.17. The van der Waals surface area contributed by atoms with Crippen LogP contribution in [0.5, 0.6) is 0 Å². The number of amides is 2. The molecule has 6 heteroatoms. The number of rotatable bonds is 5. The van der Waals surface area contributed by atoms with Crippen LogP contribution in [0.1, 0.15) is 39.0 Å². The van der Waals surface area contributed by atoms with E-state index >= 15 is 0 Å². The maximum Gasteiger partial charge on any atom is 0.309 e. The summed E-state index contributed by atoms with van der Waals surface area (Å²) in [6.45, 7) is 7.10. The van der Waals surface area contributed by atoms with Crippen LogP contribution in [0.4, 0.5) is 0 Å². The Hall–Kier alpha value is -1.14. The summed E-state index contributed by atoms with van der Waals surface area (Å²) in [5.41, 5.74) is 0. The van der Waals surface area contributed by atoms with E-state index in [1.807, 2.05) is 0 Å². The number of ether oxygens (including phenoxy) is 1. The molecule has 1 heterocycles. The zero-order valence-corrected chi connectivity index (χ0v) is 13.6. The van der Waals surface area contributed by atoms with E-state index in [-0.39, 0.29) is 6.04 Å². The number of nitrogens with zero attached hydrogens (tertiary/aromatic N) is 1. The highest BCUT2D eigenvalue weighted by Crippen LogP contribution is 2.23.